The zero-order valence-electron chi connectivity index (χ0n) is 11.8. The van der Waals surface area contributed by atoms with E-state index in [0.29, 0.717) is 11.8 Å². The maximum Gasteiger partial charge on any atom is 0.132 e. The Morgan fingerprint density at radius 2 is 1.95 bits per heavy atom. The van der Waals surface area contributed by atoms with Gasteiger partial charge in [-0.3, -0.25) is 0 Å². The van der Waals surface area contributed by atoms with Crippen molar-refractivity contribution in [3.8, 4) is 5.75 Å². The Bertz CT molecular complexity index is 637. The van der Waals surface area contributed by atoms with Crippen LogP contribution in [0.15, 0.2) is 36.4 Å². The lowest BCUT2D eigenvalue weighted by molar-refractivity contribution is 0.292. The van der Waals surface area contributed by atoms with Gasteiger partial charge in [0.25, 0.3) is 0 Å². The molecule has 0 heterocycles. The third kappa shape index (κ3) is 2.76. The van der Waals surface area contributed by atoms with Crippen LogP contribution in [-0.4, -0.2) is 7.05 Å². The predicted octanol–water partition coefficient (Wildman–Crippen LogP) is 3.75. The molecular formula is C17H17F2NO. The Labute approximate surface area is 122 Å². The minimum absolute atomic E-state index is 0.0360. The molecule has 0 bridgehead atoms. The van der Waals surface area contributed by atoms with E-state index in [1.165, 1.54) is 29.3 Å². The highest BCUT2D eigenvalue weighted by Crippen LogP contribution is 2.33. The molecule has 110 valence electrons. The molecule has 0 aliphatic heterocycles. The van der Waals surface area contributed by atoms with Crippen LogP contribution in [-0.2, 0) is 13.0 Å². The van der Waals surface area contributed by atoms with Crippen molar-refractivity contribution in [1.82, 2.24) is 5.32 Å². The molecular weight excluding hydrogens is 272 g/mol. The maximum absolute atomic E-state index is 13.5. The summed E-state index contributed by atoms with van der Waals surface area (Å²) in [6.45, 7) is -0.104. The van der Waals surface area contributed by atoms with E-state index in [4.69, 9.17) is 4.74 Å². The molecule has 2 aromatic rings. The van der Waals surface area contributed by atoms with E-state index in [-0.39, 0.29) is 12.2 Å². The summed E-state index contributed by atoms with van der Waals surface area (Å²) < 4.78 is 32.6. The topological polar surface area (TPSA) is 21.3 Å². The molecule has 0 saturated heterocycles. The van der Waals surface area contributed by atoms with Crippen LogP contribution >= 0.6 is 0 Å². The van der Waals surface area contributed by atoms with Crippen LogP contribution in [0.25, 0.3) is 0 Å². The van der Waals surface area contributed by atoms with Crippen molar-refractivity contribution in [3.05, 3.63) is 64.7 Å². The Kier molecular flexibility index (Phi) is 3.88. The summed E-state index contributed by atoms with van der Waals surface area (Å²) in [4.78, 5) is 0. The molecule has 0 radical (unpaired) electrons. The average molecular weight is 289 g/mol. The predicted molar refractivity (Wildman–Crippen MR) is 77.3 cm³/mol. The number of fused-ring (bicyclic) bond motifs is 1. The van der Waals surface area contributed by atoms with Crippen molar-refractivity contribution in [2.24, 2.45) is 0 Å². The molecule has 0 spiro atoms. The van der Waals surface area contributed by atoms with Gasteiger partial charge < -0.3 is 10.1 Å². The third-order valence-electron chi connectivity index (χ3n) is 3.99. The van der Waals surface area contributed by atoms with Crippen molar-refractivity contribution >= 4 is 0 Å². The molecule has 1 aliphatic rings. The molecule has 21 heavy (non-hydrogen) atoms. The highest BCUT2D eigenvalue weighted by molar-refractivity contribution is 5.40. The number of aryl methyl sites for hydroxylation is 1. The first-order chi connectivity index (χ1) is 10.2. The molecule has 1 unspecified atom stereocenters. The van der Waals surface area contributed by atoms with Crippen molar-refractivity contribution in [1.29, 1.82) is 0 Å². The van der Waals surface area contributed by atoms with Gasteiger partial charge in [0, 0.05) is 6.04 Å². The first-order valence-corrected chi connectivity index (χ1v) is 7.05. The largest absolute Gasteiger partial charge is 0.489 e. The lowest BCUT2D eigenvalue weighted by Crippen LogP contribution is -2.12. The second kappa shape index (κ2) is 5.82. The summed E-state index contributed by atoms with van der Waals surface area (Å²) >= 11 is 0. The van der Waals surface area contributed by atoms with E-state index in [1.54, 1.807) is 0 Å². The first-order valence-electron chi connectivity index (χ1n) is 7.05. The van der Waals surface area contributed by atoms with Gasteiger partial charge in [0.1, 0.15) is 24.0 Å². The molecule has 0 aromatic heterocycles. The fourth-order valence-electron chi connectivity index (χ4n) is 2.81. The van der Waals surface area contributed by atoms with E-state index >= 15 is 0 Å². The summed E-state index contributed by atoms with van der Waals surface area (Å²) in [6, 6.07) is 10.1. The fourth-order valence-corrected chi connectivity index (χ4v) is 2.81. The van der Waals surface area contributed by atoms with Gasteiger partial charge in [0.15, 0.2) is 0 Å². The summed E-state index contributed by atoms with van der Waals surface area (Å²) in [5.41, 5.74) is 2.48. The molecule has 1 atom stereocenters. The molecule has 0 amide bonds. The van der Waals surface area contributed by atoms with Gasteiger partial charge in [-0.25, -0.2) is 8.78 Å². The van der Waals surface area contributed by atoms with Crippen LogP contribution in [0.3, 0.4) is 0 Å². The van der Waals surface area contributed by atoms with E-state index in [9.17, 15) is 8.78 Å². The van der Waals surface area contributed by atoms with Crippen LogP contribution in [0, 0.1) is 11.6 Å². The zero-order valence-corrected chi connectivity index (χ0v) is 11.8. The van der Waals surface area contributed by atoms with E-state index in [1.807, 2.05) is 25.2 Å². The van der Waals surface area contributed by atoms with Gasteiger partial charge >= 0.3 is 0 Å². The van der Waals surface area contributed by atoms with E-state index < -0.39 is 11.6 Å². The van der Waals surface area contributed by atoms with Crippen LogP contribution in [0.4, 0.5) is 8.78 Å². The number of ether oxygens (including phenoxy) is 1. The monoisotopic (exact) mass is 289 g/mol. The van der Waals surface area contributed by atoms with Crippen LogP contribution in [0.5, 0.6) is 5.75 Å². The lowest BCUT2D eigenvalue weighted by atomic mass is 10.1. The number of halogens is 2. The Hall–Kier alpha value is -1.94. The molecule has 0 fully saturated rings. The van der Waals surface area contributed by atoms with Gasteiger partial charge in [-0.15, -0.1) is 0 Å². The number of rotatable bonds is 4. The minimum atomic E-state index is -0.577. The molecule has 2 aromatic carbocycles. The maximum atomic E-state index is 13.5. The molecule has 1 N–H and O–H groups in total. The van der Waals surface area contributed by atoms with Crippen molar-refractivity contribution in [2.45, 2.75) is 25.5 Å². The molecule has 4 heteroatoms. The Morgan fingerprint density at radius 3 is 2.67 bits per heavy atom. The lowest BCUT2D eigenvalue weighted by Gasteiger charge is -2.12. The Balaban J connectivity index is 1.75. The normalized spacial score (nSPS) is 16.8. The summed E-state index contributed by atoms with van der Waals surface area (Å²) in [5.74, 6) is -0.508. The smallest absolute Gasteiger partial charge is 0.132 e. The standard InChI is InChI=1S/C17H17F2NO/c1-20-17-8-5-11-9-12(6-7-13(11)17)21-10-14-15(18)3-2-4-16(14)19/h2-4,6-7,9,17,20H,5,8,10H2,1H3. The number of hydrogen-bond acceptors (Lipinski definition) is 2. The second-order valence-corrected chi connectivity index (χ2v) is 5.23. The van der Waals surface area contributed by atoms with Gasteiger partial charge in [0.2, 0.25) is 0 Å². The molecule has 0 saturated carbocycles. The van der Waals surface area contributed by atoms with Crippen molar-refractivity contribution in [2.75, 3.05) is 7.05 Å². The first kappa shape index (κ1) is 14.0. The highest BCUT2D eigenvalue weighted by Gasteiger charge is 2.21. The van der Waals surface area contributed by atoms with Crippen LogP contribution in [0.2, 0.25) is 0 Å². The average Bonchev–Trinajstić information content (AvgIpc) is 2.89. The van der Waals surface area contributed by atoms with Gasteiger partial charge in [-0.2, -0.15) is 0 Å². The highest BCUT2D eigenvalue weighted by atomic mass is 19.1. The van der Waals surface area contributed by atoms with Crippen LogP contribution < -0.4 is 10.1 Å². The summed E-state index contributed by atoms with van der Waals surface area (Å²) in [5, 5.41) is 3.27. The van der Waals surface area contributed by atoms with Crippen LogP contribution in [0.1, 0.15) is 29.2 Å². The third-order valence-corrected chi connectivity index (χ3v) is 3.99. The zero-order chi connectivity index (χ0) is 14.8. The van der Waals surface area contributed by atoms with E-state index in [0.717, 1.165) is 12.8 Å². The number of nitrogens with one attached hydrogen (secondary N) is 1. The molecule has 2 nitrogen and oxygen atoms in total. The minimum Gasteiger partial charge on any atom is -0.489 e. The van der Waals surface area contributed by atoms with Gasteiger partial charge in [0.05, 0.1) is 5.56 Å². The quantitative estimate of drug-likeness (QED) is 0.925. The summed E-state index contributed by atoms with van der Waals surface area (Å²) in [7, 11) is 1.95. The molecule has 1 aliphatic carbocycles. The SMILES string of the molecule is CNC1CCc2cc(OCc3c(F)cccc3F)ccc21. The van der Waals surface area contributed by atoms with Gasteiger partial charge in [-0.05, 0) is 55.3 Å². The van der Waals surface area contributed by atoms with E-state index in [2.05, 4.69) is 5.32 Å². The fraction of sp³-hybridized carbons (Fsp3) is 0.294. The van der Waals surface area contributed by atoms with Gasteiger partial charge in [-0.1, -0.05) is 12.1 Å². The van der Waals surface area contributed by atoms with Crippen molar-refractivity contribution < 1.29 is 13.5 Å². The Morgan fingerprint density at radius 1 is 1.19 bits per heavy atom. The van der Waals surface area contributed by atoms with Crippen molar-refractivity contribution in [3.63, 3.8) is 0 Å². The second-order valence-electron chi connectivity index (χ2n) is 5.23. The molecule has 3 rings (SSSR count). The number of hydrogen-bond donors (Lipinski definition) is 1. The summed E-state index contributed by atoms with van der Waals surface area (Å²) in [6.07, 6.45) is 2.06. The number of benzene rings is 2.